The fourth-order valence-electron chi connectivity index (χ4n) is 2.01. The molecular weight excluding hydrogens is 357 g/mol. The van der Waals surface area contributed by atoms with Crippen molar-refractivity contribution in [3.05, 3.63) is 48.5 Å². The third-order valence-electron chi connectivity index (χ3n) is 2.98. The first kappa shape index (κ1) is 11.7. The molecule has 0 fully saturated rings. The summed E-state index contributed by atoms with van der Waals surface area (Å²) >= 11 is -1.52. The second-order valence-electron chi connectivity index (χ2n) is 4.22. The fourth-order valence-corrected chi connectivity index (χ4v) is 4.31. The molecule has 0 atom stereocenters. The molecule has 0 unspecified atom stereocenters. The fraction of sp³-hybridized carbons (Fsp3) is 0. The summed E-state index contributed by atoms with van der Waals surface area (Å²) in [5.74, 6) is 0. The molecule has 0 aliphatic heterocycles. The Bertz CT molecular complexity index is 848. The molecule has 0 aliphatic rings. The van der Waals surface area contributed by atoms with Crippen molar-refractivity contribution in [3.63, 3.8) is 0 Å². The number of para-hydroxylation sites is 2. The van der Waals surface area contributed by atoms with E-state index in [1.165, 1.54) is 0 Å². The quantitative estimate of drug-likeness (QED) is 0.537. The van der Waals surface area contributed by atoms with Crippen molar-refractivity contribution < 1.29 is 0 Å². The van der Waals surface area contributed by atoms with Crippen molar-refractivity contribution in [2.45, 2.75) is 0 Å². The van der Waals surface area contributed by atoms with Crippen molar-refractivity contribution in [1.29, 1.82) is 0 Å². The molecule has 0 aliphatic carbocycles. The van der Waals surface area contributed by atoms with E-state index in [0.29, 0.717) is 0 Å². The maximum absolute atomic E-state index is 4.58. The third kappa shape index (κ3) is 1.92. The van der Waals surface area contributed by atoms with E-state index >= 15 is 0 Å². The monoisotopic (exact) mass is 365 g/mol. The van der Waals surface area contributed by atoms with Crippen LogP contribution in [0.25, 0.3) is 22.1 Å². The van der Waals surface area contributed by atoms with E-state index in [1.54, 1.807) is 4.79 Å². The van der Waals surface area contributed by atoms with Gasteiger partial charge in [0.15, 0.2) is 0 Å². The molecule has 0 bridgehead atoms. The van der Waals surface area contributed by atoms with Crippen molar-refractivity contribution in [2.75, 3.05) is 0 Å². The van der Waals surface area contributed by atoms with E-state index in [0.717, 1.165) is 22.1 Å². The van der Waals surface area contributed by atoms with Crippen LogP contribution in [0.1, 0.15) is 0 Å². The Morgan fingerprint density at radius 3 is 2.30 bits per heavy atom. The summed E-state index contributed by atoms with van der Waals surface area (Å²) in [5, 5.41) is 16.5. The molecule has 0 amide bonds. The predicted molar refractivity (Wildman–Crippen MR) is 74.0 cm³/mol. The summed E-state index contributed by atoms with van der Waals surface area (Å²) in [6, 6.07) is 15.7. The average Bonchev–Trinajstić information content (AvgIpc) is 3.09. The molecule has 20 heavy (non-hydrogen) atoms. The Morgan fingerprint density at radius 1 is 0.800 bits per heavy atom. The summed E-state index contributed by atoms with van der Waals surface area (Å²) < 4.78 is 6.50. The molecule has 4 aromatic rings. The van der Waals surface area contributed by atoms with Gasteiger partial charge in [0.1, 0.15) is 0 Å². The molecule has 7 nitrogen and oxygen atoms in total. The first-order valence-electron chi connectivity index (χ1n) is 6.07. The van der Waals surface area contributed by atoms with Gasteiger partial charge in [-0.3, -0.25) is 0 Å². The second kappa shape index (κ2) is 4.78. The molecule has 0 N–H and O–H groups in total. The zero-order chi connectivity index (χ0) is 13.4. The number of fused-ring (bicyclic) bond motifs is 2. The van der Waals surface area contributed by atoms with E-state index in [1.807, 2.05) is 51.2 Å². The van der Waals surface area contributed by atoms with E-state index in [9.17, 15) is 0 Å². The van der Waals surface area contributed by atoms with Crippen LogP contribution in [-0.4, -0.2) is 51.1 Å². The van der Waals surface area contributed by atoms with Crippen LogP contribution in [0.2, 0.25) is 0 Å². The van der Waals surface area contributed by atoms with Gasteiger partial charge < -0.3 is 0 Å². The average molecular weight is 365 g/mol. The molecule has 0 spiro atoms. The van der Waals surface area contributed by atoms with E-state index in [-0.39, 0.29) is 0 Å². The number of hydrogen-bond donors (Lipinski definition) is 0. The Labute approximate surface area is 124 Å². The van der Waals surface area contributed by atoms with Gasteiger partial charge in [0, 0.05) is 0 Å². The van der Waals surface area contributed by atoms with Crippen LogP contribution >= 0.6 is 0 Å². The van der Waals surface area contributed by atoms with E-state index < -0.39 is 23.0 Å². The third-order valence-corrected chi connectivity index (χ3v) is 5.61. The molecule has 8 heteroatoms. The topological polar surface area (TPSA) is 73.8 Å². The van der Waals surface area contributed by atoms with Gasteiger partial charge in [-0.2, -0.15) is 0 Å². The molecule has 0 radical (unpaired) electrons. The van der Waals surface area contributed by atoms with Gasteiger partial charge in [-0.25, -0.2) is 0 Å². The second-order valence-corrected chi connectivity index (χ2v) is 6.94. The number of aromatic nitrogens is 6. The van der Waals surface area contributed by atoms with Crippen molar-refractivity contribution >= 4 is 45.1 Å². The minimum atomic E-state index is -1.52. The first-order valence-corrected chi connectivity index (χ1v) is 9.01. The first-order chi connectivity index (χ1) is 9.92. The van der Waals surface area contributed by atoms with Gasteiger partial charge in [0.25, 0.3) is 0 Å². The van der Waals surface area contributed by atoms with Crippen LogP contribution in [0.5, 0.6) is 0 Å². The zero-order valence-electron chi connectivity index (χ0n) is 10.3. The zero-order valence-corrected chi connectivity index (χ0v) is 13.6. The van der Waals surface area contributed by atoms with Gasteiger partial charge in [-0.1, -0.05) is 0 Å². The van der Waals surface area contributed by atoms with Crippen molar-refractivity contribution in [2.24, 2.45) is 3.03 Å². The Hall–Kier alpha value is -2.09. The summed E-state index contributed by atoms with van der Waals surface area (Å²) in [5.41, 5.74) is 3.70. The minimum absolute atomic E-state index is 0.850. The normalized spacial score (nSPS) is 11.4. The summed E-state index contributed by atoms with van der Waals surface area (Å²) in [7, 11) is 0. The molecule has 2 aromatic heterocycles. The van der Waals surface area contributed by atoms with Gasteiger partial charge >= 0.3 is 125 Å². The van der Waals surface area contributed by atoms with Crippen LogP contribution in [0.3, 0.4) is 0 Å². The van der Waals surface area contributed by atoms with E-state index in [4.69, 9.17) is 0 Å². The SMILES string of the molecule is c1ccc2c(c1)nnn2[N]=[In][n]1nnc2ccccc21. The number of nitrogens with zero attached hydrogens (tertiary/aromatic N) is 7. The summed E-state index contributed by atoms with van der Waals surface area (Å²) in [4.78, 5) is 1.60. The Morgan fingerprint density at radius 2 is 1.45 bits per heavy atom. The predicted octanol–water partition coefficient (Wildman–Crippen LogP) is 1.29. The maximum atomic E-state index is 4.58. The van der Waals surface area contributed by atoms with Gasteiger partial charge in [-0.05, 0) is 0 Å². The number of benzene rings is 2. The van der Waals surface area contributed by atoms with Crippen LogP contribution < -0.4 is 0 Å². The molecule has 0 saturated heterocycles. The standard InChI is InChI=1S/C6H4N4.C6H4N3.In/c7-10-6-4-2-1-3-5(6)8-9-10;1-2-4-6-5(3-1)7-9-8-6;/h1-4H;1-4H;/q;-1;+1. The van der Waals surface area contributed by atoms with Crippen LogP contribution in [0, 0.1) is 0 Å². The Kier molecular flexibility index (Phi) is 2.80. The van der Waals surface area contributed by atoms with Crippen molar-refractivity contribution in [1.82, 2.24) is 28.1 Å². The van der Waals surface area contributed by atoms with Crippen molar-refractivity contribution in [3.8, 4) is 0 Å². The van der Waals surface area contributed by atoms with Crippen LogP contribution in [-0.2, 0) is 0 Å². The van der Waals surface area contributed by atoms with Gasteiger partial charge in [0.05, 0.1) is 0 Å². The van der Waals surface area contributed by atoms with Gasteiger partial charge in [-0.15, -0.1) is 0 Å². The summed E-state index contributed by atoms with van der Waals surface area (Å²) in [6.07, 6.45) is 0. The van der Waals surface area contributed by atoms with Crippen LogP contribution in [0.4, 0.5) is 0 Å². The number of rotatable bonds is 2. The van der Waals surface area contributed by atoms with E-state index in [2.05, 4.69) is 23.6 Å². The molecule has 94 valence electrons. The molecule has 2 aromatic carbocycles. The van der Waals surface area contributed by atoms with Gasteiger partial charge in [0.2, 0.25) is 0 Å². The summed E-state index contributed by atoms with van der Waals surface area (Å²) in [6.45, 7) is 0. The number of hydrogen-bond acceptors (Lipinski definition) is 5. The van der Waals surface area contributed by atoms with Crippen LogP contribution in [0.15, 0.2) is 51.6 Å². The Balaban J connectivity index is 1.78. The molecule has 4 rings (SSSR count). The molecule has 2 heterocycles. The molecule has 0 saturated carbocycles. The molecular formula is C12H8InN7.